The largest absolute Gasteiger partial charge is 0.353 e. The van der Waals surface area contributed by atoms with Crippen LogP contribution < -0.4 is 5.32 Å². The fourth-order valence-corrected chi connectivity index (χ4v) is 3.24. The molecule has 2 rings (SSSR count). The first-order valence-electron chi connectivity index (χ1n) is 6.97. The minimum Gasteiger partial charge on any atom is -0.353 e. The summed E-state index contributed by atoms with van der Waals surface area (Å²) < 4.78 is 26.4. The van der Waals surface area contributed by atoms with E-state index in [4.69, 9.17) is 0 Å². The van der Waals surface area contributed by atoms with Gasteiger partial charge >= 0.3 is 0 Å². The molecule has 1 N–H and O–H groups in total. The van der Waals surface area contributed by atoms with Gasteiger partial charge in [0.25, 0.3) is 0 Å². The van der Waals surface area contributed by atoms with E-state index in [1.54, 1.807) is 6.07 Å². The van der Waals surface area contributed by atoms with Gasteiger partial charge in [0, 0.05) is 17.4 Å². The molecule has 0 aliphatic heterocycles. The SMILES string of the molecule is O=C(CSCc1cccc(F)c1F)NC1CCCCC1. The Hall–Kier alpha value is -1.10. The normalized spacial score (nSPS) is 16.1. The van der Waals surface area contributed by atoms with Gasteiger partial charge in [-0.3, -0.25) is 4.79 Å². The lowest BCUT2D eigenvalue weighted by Crippen LogP contribution is -2.37. The van der Waals surface area contributed by atoms with Gasteiger partial charge < -0.3 is 5.32 Å². The summed E-state index contributed by atoms with van der Waals surface area (Å²) in [6.07, 6.45) is 5.70. The van der Waals surface area contributed by atoms with Crippen LogP contribution in [0.25, 0.3) is 0 Å². The van der Waals surface area contributed by atoms with Crippen LogP contribution in [-0.4, -0.2) is 17.7 Å². The lowest BCUT2D eigenvalue weighted by atomic mass is 9.95. The Labute approximate surface area is 122 Å². The van der Waals surface area contributed by atoms with Gasteiger partial charge in [-0.15, -0.1) is 11.8 Å². The first-order chi connectivity index (χ1) is 9.66. The molecule has 0 aromatic heterocycles. The quantitative estimate of drug-likeness (QED) is 0.899. The van der Waals surface area contributed by atoms with Crippen molar-refractivity contribution in [3.05, 3.63) is 35.4 Å². The number of carbonyl (C=O) groups is 1. The number of rotatable bonds is 5. The molecule has 0 radical (unpaired) electrons. The Morgan fingerprint density at radius 1 is 1.25 bits per heavy atom. The van der Waals surface area contributed by atoms with E-state index in [2.05, 4.69) is 5.32 Å². The van der Waals surface area contributed by atoms with E-state index < -0.39 is 11.6 Å². The highest BCUT2D eigenvalue weighted by atomic mass is 32.2. The molecule has 0 spiro atoms. The van der Waals surface area contributed by atoms with Crippen LogP contribution in [0, 0.1) is 11.6 Å². The molecule has 1 amide bonds. The molecule has 110 valence electrons. The smallest absolute Gasteiger partial charge is 0.230 e. The molecule has 1 aromatic rings. The summed E-state index contributed by atoms with van der Waals surface area (Å²) in [6, 6.07) is 4.42. The monoisotopic (exact) mass is 299 g/mol. The highest BCUT2D eigenvalue weighted by Gasteiger charge is 2.15. The summed E-state index contributed by atoms with van der Waals surface area (Å²) in [7, 11) is 0. The van der Waals surface area contributed by atoms with Crippen LogP contribution in [0.5, 0.6) is 0 Å². The van der Waals surface area contributed by atoms with Gasteiger partial charge in [-0.2, -0.15) is 0 Å². The van der Waals surface area contributed by atoms with Gasteiger partial charge in [0.2, 0.25) is 5.91 Å². The summed E-state index contributed by atoms with van der Waals surface area (Å²) in [5.74, 6) is -1.07. The van der Waals surface area contributed by atoms with E-state index in [-0.39, 0.29) is 11.7 Å². The van der Waals surface area contributed by atoms with Gasteiger partial charge in [0.1, 0.15) is 0 Å². The summed E-state index contributed by atoms with van der Waals surface area (Å²) in [4.78, 5) is 11.8. The molecule has 2 nitrogen and oxygen atoms in total. The van der Waals surface area contributed by atoms with Crippen molar-refractivity contribution in [3.63, 3.8) is 0 Å². The highest BCUT2D eigenvalue weighted by molar-refractivity contribution is 7.99. The Kier molecular flexibility index (Phi) is 5.83. The topological polar surface area (TPSA) is 29.1 Å². The number of nitrogens with one attached hydrogen (secondary N) is 1. The molecule has 1 aliphatic carbocycles. The fourth-order valence-electron chi connectivity index (χ4n) is 2.43. The zero-order chi connectivity index (χ0) is 14.4. The van der Waals surface area contributed by atoms with E-state index in [1.165, 1.54) is 37.1 Å². The molecule has 0 bridgehead atoms. The third kappa shape index (κ3) is 4.47. The molecular formula is C15H19F2NOS. The van der Waals surface area contributed by atoms with Crippen LogP contribution in [0.2, 0.25) is 0 Å². The number of hydrogen-bond donors (Lipinski definition) is 1. The standard InChI is InChI=1S/C15H19F2NOS/c16-13-8-4-5-11(15(13)17)9-20-10-14(19)18-12-6-2-1-3-7-12/h4-5,8,12H,1-3,6-7,9-10H2,(H,18,19). The predicted molar refractivity (Wildman–Crippen MR) is 77.5 cm³/mol. The Morgan fingerprint density at radius 3 is 2.75 bits per heavy atom. The van der Waals surface area contributed by atoms with Crippen molar-refractivity contribution in [2.24, 2.45) is 0 Å². The molecule has 5 heteroatoms. The van der Waals surface area contributed by atoms with Crippen LogP contribution >= 0.6 is 11.8 Å². The fraction of sp³-hybridized carbons (Fsp3) is 0.533. The average molecular weight is 299 g/mol. The molecule has 1 aromatic carbocycles. The maximum absolute atomic E-state index is 13.4. The summed E-state index contributed by atoms with van der Waals surface area (Å²) in [5.41, 5.74) is 0.306. The third-order valence-corrected chi connectivity index (χ3v) is 4.47. The average Bonchev–Trinajstić information content (AvgIpc) is 2.44. The molecule has 0 unspecified atom stereocenters. The van der Waals surface area contributed by atoms with Crippen LogP contribution in [0.15, 0.2) is 18.2 Å². The van der Waals surface area contributed by atoms with E-state index in [1.807, 2.05) is 0 Å². The first kappa shape index (κ1) is 15.3. The van der Waals surface area contributed by atoms with Crippen molar-refractivity contribution < 1.29 is 13.6 Å². The molecule has 20 heavy (non-hydrogen) atoms. The summed E-state index contributed by atoms with van der Waals surface area (Å²) in [5, 5.41) is 3.00. The van der Waals surface area contributed by atoms with E-state index in [0.29, 0.717) is 17.4 Å². The highest BCUT2D eigenvalue weighted by Crippen LogP contribution is 2.19. The zero-order valence-corrected chi connectivity index (χ0v) is 12.1. The number of amides is 1. The minimum atomic E-state index is -0.838. The maximum Gasteiger partial charge on any atom is 0.230 e. The predicted octanol–water partition coefficient (Wildman–Crippen LogP) is 3.65. The molecule has 0 saturated heterocycles. The van der Waals surface area contributed by atoms with E-state index in [0.717, 1.165) is 18.9 Å². The van der Waals surface area contributed by atoms with Crippen molar-refractivity contribution >= 4 is 17.7 Å². The second-order valence-electron chi connectivity index (χ2n) is 5.11. The molecule has 1 saturated carbocycles. The van der Waals surface area contributed by atoms with Gasteiger partial charge in [0.15, 0.2) is 11.6 Å². The minimum absolute atomic E-state index is 0.0151. The third-order valence-electron chi connectivity index (χ3n) is 3.49. The molecule has 1 fully saturated rings. The Bertz CT molecular complexity index is 461. The van der Waals surface area contributed by atoms with Crippen molar-refractivity contribution in [2.75, 3.05) is 5.75 Å². The van der Waals surface area contributed by atoms with Gasteiger partial charge in [-0.25, -0.2) is 8.78 Å². The van der Waals surface area contributed by atoms with Crippen LogP contribution in [0.4, 0.5) is 8.78 Å². The number of halogens is 2. The maximum atomic E-state index is 13.4. The number of hydrogen-bond acceptors (Lipinski definition) is 2. The van der Waals surface area contributed by atoms with Crippen LogP contribution in [0.3, 0.4) is 0 Å². The second kappa shape index (κ2) is 7.62. The summed E-state index contributed by atoms with van der Waals surface area (Å²) in [6.45, 7) is 0. The number of benzene rings is 1. The van der Waals surface area contributed by atoms with Crippen molar-refractivity contribution in [1.29, 1.82) is 0 Å². The van der Waals surface area contributed by atoms with E-state index in [9.17, 15) is 13.6 Å². The van der Waals surface area contributed by atoms with Crippen molar-refractivity contribution in [1.82, 2.24) is 5.32 Å². The first-order valence-corrected chi connectivity index (χ1v) is 8.12. The molecule has 1 aliphatic rings. The molecule has 0 heterocycles. The second-order valence-corrected chi connectivity index (χ2v) is 6.09. The van der Waals surface area contributed by atoms with Crippen molar-refractivity contribution in [3.8, 4) is 0 Å². The van der Waals surface area contributed by atoms with E-state index >= 15 is 0 Å². The van der Waals surface area contributed by atoms with Gasteiger partial charge in [0.05, 0.1) is 5.75 Å². The Balaban J connectivity index is 1.72. The van der Waals surface area contributed by atoms with Gasteiger partial charge in [-0.05, 0) is 18.9 Å². The van der Waals surface area contributed by atoms with Crippen LogP contribution in [0.1, 0.15) is 37.7 Å². The lowest BCUT2D eigenvalue weighted by Gasteiger charge is -2.22. The molecular weight excluding hydrogens is 280 g/mol. The lowest BCUT2D eigenvalue weighted by molar-refractivity contribution is -0.119. The van der Waals surface area contributed by atoms with Crippen molar-refractivity contribution in [2.45, 2.75) is 43.9 Å². The number of carbonyl (C=O) groups excluding carboxylic acids is 1. The zero-order valence-electron chi connectivity index (χ0n) is 11.3. The number of thioether (sulfide) groups is 1. The summed E-state index contributed by atoms with van der Waals surface area (Å²) >= 11 is 1.31. The van der Waals surface area contributed by atoms with Crippen LogP contribution in [-0.2, 0) is 10.5 Å². The van der Waals surface area contributed by atoms with Gasteiger partial charge in [-0.1, -0.05) is 31.4 Å². The molecule has 0 atom stereocenters. The Morgan fingerprint density at radius 2 is 2.00 bits per heavy atom.